The number of aliphatic hydroxyl groups is 1. The second kappa shape index (κ2) is 23.2. The number of hydrazine groups is 1. The lowest BCUT2D eigenvalue weighted by Gasteiger charge is -2.61. The van der Waals surface area contributed by atoms with Crippen LogP contribution in [0.1, 0.15) is 82.1 Å². The fraction of sp³-hybridized carbons (Fsp3) is 0.556. The Morgan fingerprint density at radius 2 is 1.40 bits per heavy atom. The summed E-state index contributed by atoms with van der Waals surface area (Å²) in [5.41, 5.74) is -0.918. The van der Waals surface area contributed by atoms with E-state index in [1.54, 1.807) is 35.4 Å². The van der Waals surface area contributed by atoms with E-state index in [0.29, 0.717) is 74.4 Å². The van der Waals surface area contributed by atoms with Crippen molar-refractivity contribution in [1.82, 2.24) is 56.7 Å². The number of hydrogen-bond donors (Lipinski definition) is 7. The van der Waals surface area contributed by atoms with Gasteiger partial charge in [-0.1, -0.05) is 29.2 Å². The fourth-order valence-electron chi connectivity index (χ4n) is 11.1. The van der Waals surface area contributed by atoms with E-state index < -0.39 is 108 Å². The third-order valence-corrected chi connectivity index (χ3v) is 16.5. The van der Waals surface area contributed by atoms with Crippen LogP contribution in [-0.4, -0.2) is 158 Å². The summed E-state index contributed by atoms with van der Waals surface area (Å²) in [7, 11) is 0. The predicted molar refractivity (Wildman–Crippen MR) is 275 cm³/mol. The minimum absolute atomic E-state index is 0.0931. The molecule has 7 N–H and O–H groups in total. The van der Waals surface area contributed by atoms with Crippen LogP contribution in [0.4, 0.5) is 50.7 Å². The highest BCUT2D eigenvalue weighted by atomic mass is 19.4. The molecule has 442 valence electrons. The van der Waals surface area contributed by atoms with Crippen molar-refractivity contribution >= 4 is 29.9 Å². The van der Waals surface area contributed by atoms with Crippen molar-refractivity contribution in [2.24, 2.45) is 16.7 Å². The molecule has 10 rings (SSSR count). The van der Waals surface area contributed by atoms with Crippen molar-refractivity contribution in [3.8, 4) is 23.1 Å². The molecule has 2 aromatic carbocycles. The average Bonchev–Trinajstić information content (AvgIpc) is 4.07. The molecule has 20 nitrogen and oxygen atoms in total. The zero-order valence-electron chi connectivity index (χ0n) is 45.0. The van der Waals surface area contributed by atoms with Gasteiger partial charge in [0.25, 0.3) is 5.91 Å². The first-order chi connectivity index (χ1) is 38.6. The molecule has 82 heavy (non-hydrogen) atoms. The Bertz CT molecular complexity index is 3020. The molecular formula is C54H62F8N12O8. The van der Waals surface area contributed by atoms with Gasteiger partial charge >= 0.3 is 24.5 Å². The number of halogens is 8. The van der Waals surface area contributed by atoms with Gasteiger partial charge in [-0.05, 0) is 102 Å². The summed E-state index contributed by atoms with van der Waals surface area (Å²) >= 11 is 0. The van der Waals surface area contributed by atoms with E-state index in [0.717, 1.165) is 70.5 Å². The highest BCUT2D eigenvalue weighted by Crippen LogP contribution is 2.62. The monoisotopic (exact) mass is 1160 g/mol. The molecule has 0 radical (unpaired) electrons. The molecule has 4 bridgehead atoms. The topological polar surface area (TPSA) is 250 Å². The van der Waals surface area contributed by atoms with Gasteiger partial charge in [0.2, 0.25) is 11.9 Å². The van der Waals surface area contributed by atoms with Crippen molar-refractivity contribution in [3.05, 3.63) is 88.9 Å². The number of anilines is 1. The molecule has 28 heteroatoms. The van der Waals surface area contributed by atoms with E-state index in [-0.39, 0.29) is 23.2 Å². The minimum Gasteiger partial charge on any atom is -0.465 e. The highest BCUT2D eigenvalue weighted by Gasteiger charge is 2.59. The number of carbonyl (C=O) groups excluding carboxylic acids is 3. The Hall–Kier alpha value is -7.22. The number of carbonyl (C=O) groups is 4. The van der Waals surface area contributed by atoms with E-state index in [1.807, 2.05) is 10.7 Å². The third kappa shape index (κ3) is 12.6. The quantitative estimate of drug-likeness (QED) is 0.0344. The van der Waals surface area contributed by atoms with Crippen LogP contribution in [0.15, 0.2) is 55.0 Å². The number of nitrogens with one attached hydrogen (secondary N) is 5. The average molecular weight is 1160 g/mol. The lowest BCUT2D eigenvalue weighted by molar-refractivity contribution is -0.221. The predicted octanol–water partition coefficient (Wildman–Crippen LogP) is 5.13. The molecule has 6 atom stereocenters. The van der Waals surface area contributed by atoms with Gasteiger partial charge in [-0.3, -0.25) is 19.9 Å². The smallest absolute Gasteiger partial charge is 0.407 e. The molecular weight excluding hydrogens is 1100 g/mol. The van der Waals surface area contributed by atoms with Crippen molar-refractivity contribution < 1.29 is 74.0 Å². The van der Waals surface area contributed by atoms with Crippen LogP contribution in [0.2, 0.25) is 0 Å². The number of aromatic nitrogens is 5. The van der Waals surface area contributed by atoms with Crippen LogP contribution >= 0.6 is 0 Å². The third-order valence-electron chi connectivity index (χ3n) is 16.5. The van der Waals surface area contributed by atoms with E-state index in [9.17, 15) is 55.7 Å². The molecule has 3 aliphatic carbocycles. The standard InChI is InChI=1S/C54H62F8N12O8/c1-50(2,53(57,58)59)43(68-49(80)82-14-13-37-38(55)16-33(17-39(37)56)41-26-73(71-69-41)52-18-32(19-52)20-52)45(76)66-40(42(75)23-65-70-46(77)44(67-48(78)79)51(3,4)54(60,61)62)15-30-8-5-29(6-9-30)7-10-31-21-63-47(64-22-31)72-24-34-11-12-35(25-72)74(34)36-27-81-28-36/h5-6,8-9,16-17,21-22,26,32,34-36,40,42-44,65,67,75H,11-15,18-20,23-25,27-28H2,1-4H3,(H,66,76)(H,68,80)(H,70,77)(H,78,79)/t32?,34?,35?,40-,42-,43+,44+,52?/m0/s1. The summed E-state index contributed by atoms with van der Waals surface area (Å²) in [4.78, 5) is 65.7. The first kappa shape index (κ1) is 59.4. The van der Waals surface area contributed by atoms with Crippen LogP contribution in [0, 0.1) is 40.2 Å². The largest absolute Gasteiger partial charge is 0.465 e. The number of fused-ring (bicyclic) bond motifs is 2. The first-order valence-corrected chi connectivity index (χ1v) is 26.6. The SMILES string of the molecule is CC(C)([C@H](NC(=O)O)C(=O)NNC[C@H](O)[C@H](Cc1ccc(C#Cc2cnc(N3CC4CCC(C3)N4C3COC3)nc2)cc1)NC(=O)[C@@H](NC(=O)OCCc1c(F)cc(-c2cn(C34CC(C3)C4)nn2)cc1F)C(C)(C)C(F)(F)F)C(F)(F)F. The summed E-state index contributed by atoms with van der Waals surface area (Å²) < 4.78 is 129. The maximum atomic E-state index is 15.4. The maximum Gasteiger partial charge on any atom is 0.407 e. The number of piperazine rings is 1. The number of amides is 4. The zero-order valence-corrected chi connectivity index (χ0v) is 45.0. The number of ether oxygens (including phenoxy) is 2. The van der Waals surface area contributed by atoms with Gasteiger partial charge in [-0.15, -0.1) is 5.10 Å². The Kier molecular flexibility index (Phi) is 16.8. The molecule has 0 spiro atoms. The van der Waals surface area contributed by atoms with Crippen LogP contribution in [0.5, 0.6) is 0 Å². The van der Waals surface area contributed by atoms with Gasteiger partial charge < -0.3 is 40.5 Å². The van der Waals surface area contributed by atoms with Gasteiger partial charge in [0, 0.05) is 67.2 Å². The Morgan fingerprint density at radius 3 is 1.94 bits per heavy atom. The van der Waals surface area contributed by atoms with Gasteiger partial charge in [-0.2, -0.15) is 26.3 Å². The molecule has 3 saturated heterocycles. The highest BCUT2D eigenvalue weighted by molar-refractivity contribution is 5.87. The zero-order chi connectivity index (χ0) is 59.1. The number of nitrogens with zero attached hydrogens (tertiary/aromatic N) is 7. The van der Waals surface area contributed by atoms with Gasteiger partial charge in [0.05, 0.1) is 66.1 Å². The fourth-order valence-corrected chi connectivity index (χ4v) is 11.1. The number of benzene rings is 2. The molecule has 4 aromatic rings. The summed E-state index contributed by atoms with van der Waals surface area (Å²) in [6.45, 7) is 3.86. The van der Waals surface area contributed by atoms with E-state index in [1.165, 1.54) is 17.4 Å². The van der Waals surface area contributed by atoms with Crippen LogP contribution in [0.25, 0.3) is 11.3 Å². The minimum atomic E-state index is -5.20. The molecule has 6 fully saturated rings. The number of carboxylic acid groups (broad SMARTS) is 1. The van der Waals surface area contributed by atoms with E-state index >= 15 is 8.78 Å². The molecule has 2 aromatic heterocycles. The van der Waals surface area contributed by atoms with Crippen LogP contribution in [-0.2, 0) is 37.4 Å². The molecule has 3 saturated carbocycles. The first-order valence-electron chi connectivity index (χ1n) is 26.6. The lowest BCUT2D eigenvalue weighted by atomic mass is 9.50. The summed E-state index contributed by atoms with van der Waals surface area (Å²) in [5.74, 6) is 2.12. The Balaban J connectivity index is 0.867. The van der Waals surface area contributed by atoms with Gasteiger partial charge in [-0.25, -0.2) is 38.4 Å². The van der Waals surface area contributed by atoms with Crippen LogP contribution < -0.4 is 31.7 Å². The summed E-state index contributed by atoms with van der Waals surface area (Å²) in [5, 5.41) is 34.7. The molecule has 4 amide bonds. The number of alkyl halides is 6. The second-order valence-electron chi connectivity index (χ2n) is 22.9. The van der Waals surface area contributed by atoms with Gasteiger partial charge in [0.15, 0.2) is 0 Å². The van der Waals surface area contributed by atoms with Crippen LogP contribution in [0.3, 0.4) is 0 Å². The van der Waals surface area contributed by atoms with Crippen molar-refractivity contribution in [2.45, 2.75) is 133 Å². The second-order valence-corrected chi connectivity index (χ2v) is 22.9. The molecule has 3 aliphatic heterocycles. The lowest BCUT2D eigenvalue weighted by Crippen LogP contribution is -2.63. The molecule has 2 unspecified atom stereocenters. The summed E-state index contributed by atoms with van der Waals surface area (Å²) in [6, 6.07) is 2.96. The van der Waals surface area contributed by atoms with Crippen molar-refractivity contribution in [1.29, 1.82) is 0 Å². The Labute approximate surface area is 465 Å². The Morgan fingerprint density at radius 1 is 0.817 bits per heavy atom. The maximum absolute atomic E-state index is 15.4. The number of alkyl carbamates (subject to hydrolysis) is 1. The summed E-state index contributed by atoms with van der Waals surface area (Å²) in [6.07, 6.45) is -6.82. The number of hydrogen-bond acceptors (Lipinski definition) is 14. The molecule has 6 aliphatic rings. The number of aliphatic hydroxyl groups excluding tert-OH is 1. The van der Waals surface area contributed by atoms with E-state index in [4.69, 9.17) is 9.47 Å². The van der Waals surface area contributed by atoms with Crippen molar-refractivity contribution in [2.75, 3.05) is 44.4 Å². The molecule has 5 heterocycles. The van der Waals surface area contributed by atoms with Gasteiger partial charge in [0.1, 0.15) is 29.4 Å². The normalized spacial score (nSPS) is 22.2. The van der Waals surface area contributed by atoms with E-state index in [2.05, 4.69) is 52.7 Å². The van der Waals surface area contributed by atoms with Crippen molar-refractivity contribution in [3.63, 3.8) is 0 Å². The number of rotatable bonds is 20.